The fourth-order valence-electron chi connectivity index (χ4n) is 2.05. The number of aliphatic carboxylic acids is 1. The predicted octanol–water partition coefficient (Wildman–Crippen LogP) is 0.990. The van der Waals surface area contributed by atoms with Crippen LogP contribution in [0.15, 0.2) is 47.4 Å². The summed E-state index contributed by atoms with van der Waals surface area (Å²) in [6.45, 7) is 0. The summed E-state index contributed by atoms with van der Waals surface area (Å²) in [6.07, 6.45) is 2.00. The summed E-state index contributed by atoms with van der Waals surface area (Å²) in [5.74, 6) is -0.891. The van der Waals surface area contributed by atoms with Crippen molar-refractivity contribution < 1.29 is 18.3 Å². The van der Waals surface area contributed by atoms with Gasteiger partial charge in [0.25, 0.3) is 0 Å². The number of carboxylic acids is 1. The maximum atomic E-state index is 12.3. The summed E-state index contributed by atoms with van der Waals surface area (Å²) in [7, 11) is -3.91. The van der Waals surface area contributed by atoms with Gasteiger partial charge in [-0.3, -0.25) is 0 Å². The summed E-state index contributed by atoms with van der Waals surface area (Å²) in [6, 6.07) is 10.8. The Morgan fingerprint density at radius 3 is 2.55 bits per heavy atom. The Morgan fingerprint density at radius 1 is 1.23 bits per heavy atom. The van der Waals surface area contributed by atoms with Crippen LogP contribution in [0, 0.1) is 0 Å². The summed E-state index contributed by atoms with van der Waals surface area (Å²) in [5, 5.41) is 12.8. The summed E-state index contributed by atoms with van der Waals surface area (Å²) >= 11 is 1.45. The van der Waals surface area contributed by atoms with E-state index < -0.39 is 22.0 Å². The van der Waals surface area contributed by atoms with E-state index in [0.29, 0.717) is 5.75 Å². The minimum absolute atomic E-state index is 0.0431. The minimum atomic E-state index is -3.91. The van der Waals surface area contributed by atoms with Crippen molar-refractivity contribution in [3.8, 4) is 0 Å². The van der Waals surface area contributed by atoms with Crippen molar-refractivity contribution in [2.24, 2.45) is 0 Å². The summed E-state index contributed by atoms with van der Waals surface area (Å²) < 4.78 is 26.9. The first-order valence-electron chi connectivity index (χ1n) is 6.65. The molecular weight excluding hydrogens is 322 g/mol. The maximum Gasteiger partial charge on any atom is 0.241 e. The Hall–Kier alpha value is -1.57. The maximum absolute atomic E-state index is 12.3. The molecule has 0 unspecified atom stereocenters. The highest BCUT2D eigenvalue weighted by molar-refractivity contribution is 7.98. The molecule has 0 fully saturated rings. The van der Waals surface area contributed by atoms with Gasteiger partial charge in [-0.05, 0) is 41.3 Å². The molecule has 0 saturated carbocycles. The van der Waals surface area contributed by atoms with Crippen LogP contribution in [-0.2, 0) is 14.8 Å². The first kappa shape index (κ1) is 16.8. The number of sulfonamides is 1. The highest BCUT2D eigenvalue weighted by Crippen LogP contribution is 2.19. The molecule has 7 heteroatoms. The molecule has 0 bridgehead atoms. The van der Waals surface area contributed by atoms with Crippen molar-refractivity contribution in [3.05, 3.63) is 42.5 Å². The van der Waals surface area contributed by atoms with Crippen LogP contribution in [0.5, 0.6) is 0 Å². The Balaban J connectivity index is 2.28. The van der Waals surface area contributed by atoms with E-state index in [2.05, 4.69) is 4.72 Å². The molecule has 0 saturated heterocycles. The Labute approximate surface area is 133 Å². The lowest BCUT2D eigenvalue weighted by molar-refractivity contribution is -0.308. The lowest BCUT2D eigenvalue weighted by Crippen LogP contribution is -2.48. The minimum Gasteiger partial charge on any atom is -0.548 e. The van der Waals surface area contributed by atoms with E-state index in [9.17, 15) is 18.3 Å². The second-order valence-corrected chi connectivity index (χ2v) is 7.48. The smallest absolute Gasteiger partial charge is 0.241 e. The first-order valence-corrected chi connectivity index (χ1v) is 9.52. The van der Waals surface area contributed by atoms with E-state index in [1.54, 1.807) is 12.1 Å². The van der Waals surface area contributed by atoms with E-state index in [1.807, 2.05) is 24.5 Å². The van der Waals surface area contributed by atoms with Crippen LogP contribution in [0.25, 0.3) is 10.8 Å². The largest absolute Gasteiger partial charge is 0.548 e. The lowest BCUT2D eigenvalue weighted by atomic mass is 10.1. The number of benzene rings is 2. The molecular formula is C15H16NO4S2-. The monoisotopic (exact) mass is 338 g/mol. The van der Waals surface area contributed by atoms with Crippen LogP contribution >= 0.6 is 11.8 Å². The SMILES string of the molecule is CSCC[C@H](NS(=O)(=O)c1ccc2ccccc2c1)C(=O)[O-]. The van der Waals surface area contributed by atoms with Gasteiger partial charge in [-0.1, -0.05) is 30.3 Å². The Morgan fingerprint density at radius 2 is 1.91 bits per heavy atom. The second kappa shape index (κ2) is 7.13. The zero-order valence-corrected chi connectivity index (χ0v) is 13.6. The third kappa shape index (κ3) is 4.00. The molecule has 0 spiro atoms. The molecule has 1 N–H and O–H groups in total. The number of fused-ring (bicyclic) bond motifs is 1. The number of hydrogen-bond acceptors (Lipinski definition) is 5. The normalized spacial score (nSPS) is 13.1. The number of carboxylic acid groups (broad SMARTS) is 1. The van der Waals surface area contributed by atoms with Gasteiger partial charge in [0, 0.05) is 0 Å². The van der Waals surface area contributed by atoms with E-state index in [1.165, 1.54) is 23.9 Å². The van der Waals surface area contributed by atoms with Gasteiger partial charge in [0.05, 0.1) is 16.9 Å². The van der Waals surface area contributed by atoms with E-state index in [4.69, 9.17) is 0 Å². The molecule has 0 heterocycles. The predicted molar refractivity (Wildman–Crippen MR) is 86.1 cm³/mol. The highest BCUT2D eigenvalue weighted by Gasteiger charge is 2.21. The average Bonchev–Trinajstić information content (AvgIpc) is 2.50. The molecule has 5 nitrogen and oxygen atoms in total. The van der Waals surface area contributed by atoms with Crippen molar-refractivity contribution in [1.82, 2.24) is 4.72 Å². The summed E-state index contributed by atoms with van der Waals surface area (Å²) in [4.78, 5) is 11.1. The van der Waals surface area contributed by atoms with Gasteiger partial charge in [-0.15, -0.1) is 0 Å². The standard InChI is InChI=1S/C15H17NO4S2/c1-21-9-8-14(15(17)18)16-22(19,20)13-7-6-11-4-2-3-5-12(11)10-13/h2-7,10,14,16H,8-9H2,1H3,(H,17,18)/p-1/t14-/m0/s1. The Bertz CT molecular complexity index is 774. The molecule has 0 aliphatic rings. The van der Waals surface area contributed by atoms with Crippen LogP contribution in [0.2, 0.25) is 0 Å². The fourth-order valence-corrected chi connectivity index (χ4v) is 3.78. The summed E-state index contributed by atoms with van der Waals surface area (Å²) in [5.41, 5.74) is 0. The second-order valence-electron chi connectivity index (χ2n) is 4.78. The van der Waals surface area contributed by atoms with Gasteiger partial charge in [0.1, 0.15) is 0 Å². The molecule has 0 aromatic heterocycles. The van der Waals surface area contributed by atoms with Crippen molar-refractivity contribution >= 4 is 38.5 Å². The molecule has 22 heavy (non-hydrogen) atoms. The van der Waals surface area contributed by atoms with Crippen molar-refractivity contribution in [2.45, 2.75) is 17.4 Å². The van der Waals surface area contributed by atoms with Crippen molar-refractivity contribution in [2.75, 3.05) is 12.0 Å². The van der Waals surface area contributed by atoms with Crippen molar-refractivity contribution in [3.63, 3.8) is 0 Å². The molecule has 0 radical (unpaired) electrons. The molecule has 2 rings (SSSR count). The average molecular weight is 338 g/mol. The molecule has 0 aliphatic carbocycles. The van der Waals surface area contributed by atoms with Crippen LogP contribution in [-0.4, -0.2) is 32.4 Å². The van der Waals surface area contributed by atoms with Gasteiger partial charge in [0.2, 0.25) is 10.0 Å². The van der Waals surface area contributed by atoms with Crippen LogP contribution in [0.4, 0.5) is 0 Å². The van der Waals surface area contributed by atoms with Crippen LogP contribution < -0.4 is 9.83 Å². The molecule has 118 valence electrons. The zero-order valence-electron chi connectivity index (χ0n) is 12.0. The number of carbonyl (C=O) groups is 1. The molecule has 0 amide bonds. The van der Waals surface area contributed by atoms with Crippen LogP contribution in [0.3, 0.4) is 0 Å². The third-order valence-corrected chi connectivity index (χ3v) is 5.34. The first-order chi connectivity index (χ1) is 10.4. The lowest BCUT2D eigenvalue weighted by Gasteiger charge is -2.19. The topological polar surface area (TPSA) is 86.3 Å². The molecule has 1 atom stereocenters. The van der Waals surface area contributed by atoms with Gasteiger partial charge in [-0.25, -0.2) is 13.1 Å². The van der Waals surface area contributed by atoms with Gasteiger partial charge >= 0.3 is 0 Å². The zero-order chi connectivity index (χ0) is 16.2. The molecule has 0 aliphatic heterocycles. The fraction of sp³-hybridized carbons (Fsp3) is 0.267. The van der Waals surface area contributed by atoms with Gasteiger partial charge in [-0.2, -0.15) is 11.8 Å². The number of thioether (sulfide) groups is 1. The third-order valence-electron chi connectivity index (χ3n) is 3.22. The Kier molecular flexibility index (Phi) is 5.44. The highest BCUT2D eigenvalue weighted by atomic mass is 32.2. The van der Waals surface area contributed by atoms with Crippen LogP contribution in [0.1, 0.15) is 6.42 Å². The van der Waals surface area contributed by atoms with E-state index in [0.717, 1.165) is 10.8 Å². The van der Waals surface area contributed by atoms with Gasteiger partial charge in [0.15, 0.2) is 0 Å². The number of carbonyl (C=O) groups excluding carboxylic acids is 1. The number of rotatable bonds is 7. The van der Waals surface area contributed by atoms with E-state index >= 15 is 0 Å². The van der Waals surface area contributed by atoms with Crippen molar-refractivity contribution in [1.29, 1.82) is 0 Å². The molecule has 2 aromatic rings. The van der Waals surface area contributed by atoms with Gasteiger partial charge < -0.3 is 9.90 Å². The number of hydrogen-bond donors (Lipinski definition) is 1. The molecule has 2 aromatic carbocycles. The number of nitrogens with one attached hydrogen (secondary N) is 1. The quantitative estimate of drug-likeness (QED) is 0.813. The van der Waals surface area contributed by atoms with E-state index in [-0.39, 0.29) is 11.3 Å².